The van der Waals surface area contributed by atoms with E-state index >= 15 is 0 Å². The molecule has 1 rings (SSSR count). The van der Waals surface area contributed by atoms with Crippen molar-refractivity contribution < 1.29 is 17.8 Å². The second kappa shape index (κ2) is 5.47. The number of carbonyl (C=O) groups is 1. The summed E-state index contributed by atoms with van der Waals surface area (Å²) in [6.07, 6.45) is 0. The molecular formula is C9H9Br2NO4S. The van der Waals surface area contributed by atoms with E-state index in [1.165, 1.54) is 0 Å². The maximum atomic E-state index is 11.3. The predicted octanol–water partition coefficient (Wildman–Crippen LogP) is 2.35. The highest BCUT2D eigenvalue weighted by atomic mass is 79.9. The molecule has 0 aliphatic heterocycles. The number of amides is 1. The van der Waals surface area contributed by atoms with E-state index in [0.717, 1.165) is 14.5 Å². The van der Waals surface area contributed by atoms with Gasteiger partial charge in [0.2, 0.25) is 5.91 Å². The van der Waals surface area contributed by atoms with Crippen LogP contribution in [0.3, 0.4) is 0 Å². The molecule has 94 valence electrons. The highest BCUT2D eigenvalue weighted by Gasteiger charge is 2.13. The third kappa shape index (κ3) is 4.74. The summed E-state index contributed by atoms with van der Waals surface area (Å²) in [5, 5.41) is 2.37. The minimum absolute atomic E-state index is 0.433. The first-order chi connectivity index (χ1) is 7.69. The third-order valence-electron chi connectivity index (χ3n) is 1.88. The molecule has 1 amide bonds. The standard InChI is InChI=1S/C9H9Br2NO4S/c1-5-7(10)2-6(3-8(5)11)12-9(13)4-17(14,15)16/h2-3H,4H2,1H3,(H,12,13)(H,14,15,16). The number of rotatable bonds is 3. The van der Waals surface area contributed by atoms with E-state index in [0.29, 0.717) is 5.69 Å². The molecule has 0 spiro atoms. The van der Waals surface area contributed by atoms with Gasteiger partial charge < -0.3 is 5.32 Å². The van der Waals surface area contributed by atoms with Crippen LogP contribution in [-0.2, 0) is 14.9 Å². The second-order valence-electron chi connectivity index (χ2n) is 3.34. The molecule has 0 saturated carbocycles. The van der Waals surface area contributed by atoms with Crippen molar-refractivity contribution in [3.63, 3.8) is 0 Å². The van der Waals surface area contributed by atoms with Crippen LogP contribution < -0.4 is 5.32 Å². The van der Waals surface area contributed by atoms with Gasteiger partial charge in [-0.2, -0.15) is 8.42 Å². The zero-order valence-electron chi connectivity index (χ0n) is 8.70. The van der Waals surface area contributed by atoms with Gasteiger partial charge in [-0.25, -0.2) is 0 Å². The van der Waals surface area contributed by atoms with Crippen LogP contribution >= 0.6 is 31.9 Å². The molecule has 0 bridgehead atoms. The molecule has 0 unspecified atom stereocenters. The normalized spacial score (nSPS) is 11.3. The lowest BCUT2D eigenvalue weighted by Crippen LogP contribution is -2.22. The minimum Gasteiger partial charge on any atom is -0.325 e. The molecule has 0 aromatic heterocycles. The Labute approximate surface area is 116 Å². The summed E-state index contributed by atoms with van der Waals surface area (Å²) < 4.78 is 31.0. The molecule has 0 fully saturated rings. The SMILES string of the molecule is Cc1c(Br)cc(NC(=O)CS(=O)(=O)O)cc1Br. The largest absolute Gasteiger partial charge is 0.325 e. The first-order valence-corrected chi connectivity index (χ1v) is 7.59. The number of hydrogen-bond donors (Lipinski definition) is 2. The Morgan fingerprint density at radius 2 is 1.82 bits per heavy atom. The van der Waals surface area contributed by atoms with Gasteiger partial charge in [0, 0.05) is 14.6 Å². The highest BCUT2D eigenvalue weighted by molar-refractivity contribution is 9.11. The summed E-state index contributed by atoms with van der Waals surface area (Å²) in [7, 11) is -4.31. The summed E-state index contributed by atoms with van der Waals surface area (Å²) in [4.78, 5) is 11.3. The average molecular weight is 387 g/mol. The fourth-order valence-electron chi connectivity index (χ4n) is 1.08. The van der Waals surface area contributed by atoms with E-state index in [1.807, 2.05) is 6.92 Å². The van der Waals surface area contributed by atoms with Crippen molar-refractivity contribution in [3.05, 3.63) is 26.6 Å². The molecule has 5 nitrogen and oxygen atoms in total. The predicted molar refractivity (Wildman–Crippen MR) is 71.6 cm³/mol. The molecule has 0 heterocycles. The number of hydrogen-bond acceptors (Lipinski definition) is 3. The van der Waals surface area contributed by atoms with Gasteiger partial charge >= 0.3 is 0 Å². The Hall–Kier alpha value is -0.440. The highest BCUT2D eigenvalue weighted by Crippen LogP contribution is 2.28. The topological polar surface area (TPSA) is 83.5 Å². The molecule has 1 aromatic carbocycles. The van der Waals surface area contributed by atoms with Crippen LogP contribution in [0, 0.1) is 6.92 Å². The van der Waals surface area contributed by atoms with E-state index in [4.69, 9.17) is 4.55 Å². The summed E-state index contributed by atoms with van der Waals surface area (Å²) in [6, 6.07) is 3.28. The van der Waals surface area contributed by atoms with Crippen molar-refractivity contribution in [3.8, 4) is 0 Å². The summed E-state index contributed by atoms with van der Waals surface area (Å²) in [6.45, 7) is 1.87. The van der Waals surface area contributed by atoms with Crippen LogP contribution in [0.25, 0.3) is 0 Å². The first-order valence-electron chi connectivity index (χ1n) is 4.39. The number of halogens is 2. The van der Waals surface area contributed by atoms with Crippen LogP contribution in [0.1, 0.15) is 5.56 Å². The van der Waals surface area contributed by atoms with Crippen molar-refractivity contribution in [1.29, 1.82) is 0 Å². The van der Waals surface area contributed by atoms with Gasteiger partial charge in [-0.15, -0.1) is 0 Å². The lowest BCUT2D eigenvalue weighted by atomic mass is 10.2. The summed E-state index contributed by atoms with van der Waals surface area (Å²) in [5.41, 5.74) is 1.39. The quantitative estimate of drug-likeness (QED) is 0.781. The van der Waals surface area contributed by atoms with E-state index in [1.54, 1.807) is 12.1 Å². The fraction of sp³-hybridized carbons (Fsp3) is 0.222. The Morgan fingerprint density at radius 3 is 2.24 bits per heavy atom. The molecule has 1 aromatic rings. The Balaban J connectivity index is 2.86. The number of carbonyl (C=O) groups excluding carboxylic acids is 1. The number of anilines is 1. The van der Waals surface area contributed by atoms with Gasteiger partial charge in [-0.05, 0) is 24.6 Å². The van der Waals surface area contributed by atoms with E-state index in [-0.39, 0.29) is 0 Å². The fourth-order valence-corrected chi connectivity index (χ4v) is 2.67. The van der Waals surface area contributed by atoms with E-state index in [2.05, 4.69) is 37.2 Å². The first kappa shape index (κ1) is 14.6. The molecule has 0 aliphatic rings. The molecule has 0 radical (unpaired) electrons. The third-order valence-corrected chi connectivity index (χ3v) is 4.15. The van der Waals surface area contributed by atoms with Crippen LogP contribution in [0.5, 0.6) is 0 Å². The molecule has 8 heteroatoms. The van der Waals surface area contributed by atoms with Gasteiger partial charge in [0.1, 0.15) is 0 Å². The summed E-state index contributed by atoms with van der Waals surface area (Å²) >= 11 is 6.60. The average Bonchev–Trinajstić information content (AvgIpc) is 2.10. The Bertz CT molecular complexity index is 533. The van der Waals surface area contributed by atoms with Crippen LogP contribution in [0.2, 0.25) is 0 Å². The van der Waals surface area contributed by atoms with Crippen molar-refractivity contribution in [2.24, 2.45) is 0 Å². The maximum Gasteiger partial charge on any atom is 0.274 e. The zero-order valence-corrected chi connectivity index (χ0v) is 12.7. The van der Waals surface area contributed by atoms with Gasteiger partial charge in [-0.1, -0.05) is 31.9 Å². The smallest absolute Gasteiger partial charge is 0.274 e. The molecular weight excluding hydrogens is 378 g/mol. The number of nitrogens with one attached hydrogen (secondary N) is 1. The molecule has 2 N–H and O–H groups in total. The van der Waals surface area contributed by atoms with Crippen molar-refractivity contribution >= 4 is 53.6 Å². The van der Waals surface area contributed by atoms with Gasteiger partial charge in [0.25, 0.3) is 10.1 Å². The molecule has 0 aliphatic carbocycles. The van der Waals surface area contributed by atoms with Crippen LogP contribution in [0.15, 0.2) is 21.1 Å². The molecule has 0 saturated heterocycles. The van der Waals surface area contributed by atoms with E-state index < -0.39 is 21.8 Å². The van der Waals surface area contributed by atoms with Gasteiger partial charge in [0.05, 0.1) is 0 Å². The molecule has 0 atom stereocenters. The lowest BCUT2D eigenvalue weighted by Gasteiger charge is -2.08. The number of benzene rings is 1. The van der Waals surface area contributed by atoms with Crippen molar-refractivity contribution in [2.45, 2.75) is 6.92 Å². The lowest BCUT2D eigenvalue weighted by molar-refractivity contribution is -0.113. The maximum absolute atomic E-state index is 11.3. The monoisotopic (exact) mass is 385 g/mol. The van der Waals surface area contributed by atoms with Gasteiger partial charge in [-0.3, -0.25) is 9.35 Å². The van der Waals surface area contributed by atoms with Gasteiger partial charge in [0.15, 0.2) is 5.75 Å². The van der Waals surface area contributed by atoms with Crippen LogP contribution in [0.4, 0.5) is 5.69 Å². The Kier molecular flexibility index (Phi) is 4.70. The molecule has 17 heavy (non-hydrogen) atoms. The summed E-state index contributed by atoms with van der Waals surface area (Å²) in [5.74, 6) is -1.76. The second-order valence-corrected chi connectivity index (χ2v) is 6.50. The van der Waals surface area contributed by atoms with Crippen molar-refractivity contribution in [1.82, 2.24) is 0 Å². The zero-order chi connectivity index (χ0) is 13.2. The Morgan fingerprint density at radius 1 is 1.35 bits per heavy atom. The van der Waals surface area contributed by atoms with Crippen LogP contribution in [-0.4, -0.2) is 24.6 Å². The van der Waals surface area contributed by atoms with Crippen molar-refractivity contribution in [2.75, 3.05) is 11.1 Å². The van der Waals surface area contributed by atoms with E-state index in [9.17, 15) is 13.2 Å². The minimum atomic E-state index is -4.31.